The Balaban J connectivity index is 1.68. The second kappa shape index (κ2) is 14.1. The molecule has 0 aromatic heterocycles. The zero-order valence-electron chi connectivity index (χ0n) is 22.6. The van der Waals surface area contributed by atoms with Gasteiger partial charge < -0.3 is 10.2 Å². The molecule has 7 nitrogen and oxygen atoms in total. The number of benzene rings is 3. The average Bonchev–Trinajstić information content (AvgIpc) is 2.95. The van der Waals surface area contributed by atoms with E-state index in [2.05, 4.69) is 21.2 Å². The molecule has 1 unspecified atom stereocenters. The van der Waals surface area contributed by atoms with Crippen molar-refractivity contribution in [2.75, 3.05) is 10.8 Å². The maximum Gasteiger partial charge on any atom is 0.264 e. The monoisotopic (exact) mass is 679 g/mol. The van der Waals surface area contributed by atoms with E-state index in [0.29, 0.717) is 0 Å². The zero-order chi connectivity index (χ0) is 29.6. The highest BCUT2D eigenvalue weighted by Gasteiger charge is 2.33. The van der Waals surface area contributed by atoms with Crippen LogP contribution in [0.25, 0.3) is 0 Å². The quantitative estimate of drug-likeness (QED) is 0.255. The minimum absolute atomic E-state index is 0.00597. The molecular weight excluding hydrogens is 649 g/mol. The molecule has 0 heterocycles. The van der Waals surface area contributed by atoms with Crippen molar-refractivity contribution >= 4 is 66.7 Å². The van der Waals surface area contributed by atoms with Crippen LogP contribution in [-0.2, 0) is 26.2 Å². The fourth-order valence-corrected chi connectivity index (χ4v) is 7.07. The van der Waals surface area contributed by atoms with E-state index in [9.17, 15) is 18.0 Å². The standard InChI is InChI=1S/C30H32BrCl2N3O4S/c1-21(30(38)34-26-8-4-2-5-9-26)35(19-22-12-14-23(31)15-13-22)29(37)20-36(27-17-24(32)16-25(33)18-27)41(39,40)28-10-6-3-7-11-28/h3,6-7,10-18,21,26H,2,4-5,8-9,19-20H2,1H3,(H,34,38). The third-order valence-electron chi connectivity index (χ3n) is 7.13. The van der Waals surface area contributed by atoms with Crippen LogP contribution in [0.2, 0.25) is 10.0 Å². The molecule has 0 aliphatic heterocycles. The van der Waals surface area contributed by atoms with Crippen molar-refractivity contribution in [3.63, 3.8) is 0 Å². The largest absolute Gasteiger partial charge is 0.352 e. The number of sulfonamides is 1. The number of hydrogen-bond acceptors (Lipinski definition) is 4. The second-order valence-corrected chi connectivity index (χ2v) is 13.8. The Kier molecular flexibility index (Phi) is 10.7. The van der Waals surface area contributed by atoms with Gasteiger partial charge in [-0.1, -0.05) is 88.7 Å². The topological polar surface area (TPSA) is 86.8 Å². The molecule has 3 aromatic carbocycles. The van der Waals surface area contributed by atoms with Gasteiger partial charge in [-0.15, -0.1) is 0 Å². The highest BCUT2D eigenvalue weighted by Crippen LogP contribution is 2.30. The van der Waals surface area contributed by atoms with Gasteiger partial charge in [-0.05, 0) is 67.8 Å². The first-order valence-corrected chi connectivity index (χ1v) is 16.4. The van der Waals surface area contributed by atoms with Gasteiger partial charge in [0.2, 0.25) is 11.8 Å². The van der Waals surface area contributed by atoms with Gasteiger partial charge >= 0.3 is 0 Å². The Morgan fingerprint density at radius 1 is 0.951 bits per heavy atom. The van der Waals surface area contributed by atoms with Crippen LogP contribution in [-0.4, -0.2) is 43.8 Å². The van der Waals surface area contributed by atoms with Crippen molar-refractivity contribution in [2.24, 2.45) is 0 Å². The first kappa shape index (κ1) is 31.3. The average molecular weight is 681 g/mol. The molecule has 0 radical (unpaired) electrons. The van der Waals surface area contributed by atoms with E-state index >= 15 is 0 Å². The summed E-state index contributed by atoms with van der Waals surface area (Å²) < 4.78 is 29.6. The van der Waals surface area contributed by atoms with E-state index in [0.717, 1.165) is 46.4 Å². The minimum Gasteiger partial charge on any atom is -0.352 e. The molecule has 1 atom stereocenters. The van der Waals surface area contributed by atoms with Crippen molar-refractivity contribution < 1.29 is 18.0 Å². The Morgan fingerprint density at radius 3 is 2.17 bits per heavy atom. The van der Waals surface area contributed by atoms with Crippen molar-refractivity contribution in [3.8, 4) is 0 Å². The molecule has 3 aromatic rings. The van der Waals surface area contributed by atoms with E-state index in [1.165, 1.54) is 35.2 Å². The minimum atomic E-state index is -4.20. The molecule has 0 saturated heterocycles. The van der Waals surface area contributed by atoms with Gasteiger partial charge in [0, 0.05) is 27.1 Å². The summed E-state index contributed by atoms with van der Waals surface area (Å²) in [6, 6.07) is 18.8. The normalized spacial score (nSPS) is 14.7. The van der Waals surface area contributed by atoms with Gasteiger partial charge in [0.05, 0.1) is 10.6 Å². The maximum atomic E-state index is 14.0. The van der Waals surface area contributed by atoms with Crippen molar-refractivity contribution in [3.05, 3.63) is 92.9 Å². The molecule has 1 saturated carbocycles. The van der Waals surface area contributed by atoms with Gasteiger partial charge in [0.15, 0.2) is 0 Å². The van der Waals surface area contributed by atoms with Crippen molar-refractivity contribution in [2.45, 2.75) is 62.6 Å². The lowest BCUT2D eigenvalue weighted by atomic mass is 9.95. The molecular formula is C30H32BrCl2N3O4S. The summed E-state index contributed by atoms with van der Waals surface area (Å²) in [6.45, 7) is 1.22. The summed E-state index contributed by atoms with van der Waals surface area (Å²) in [5, 5.41) is 3.54. The number of rotatable bonds is 10. The van der Waals surface area contributed by atoms with Crippen LogP contribution in [0.15, 0.2) is 82.2 Å². The van der Waals surface area contributed by atoms with Gasteiger partial charge in [-0.3, -0.25) is 13.9 Å². The Morgan fingerprint density at radius 2 is 1.56 bits per heavy atom. The number of anilines is 1. The number of nitrogens with one attached hydrogen (secondary N) is 1. The molecule has 1 fully saturated rings. The molecule has 41 heavy (non-hydrogen) atoms. The van der Waals surface area contributed by atoms with Crippen LogP contribution < -0.4 is 9.62 Å². The Hall–Kier alpha value is -2.59. The smallest absolute Gasteiger partial charge is 0.264 e. The van der Waals surface area contributed by atoms with Gasteiger partial charge in [-0.25, -0.2) is 8.42 Å². The second-order valence-electron chi connectivity index (χ2n) is 10.1. The van der Waals surface area contributed by atoms with Crippen molar-refractivity contribution in [1.29, 1.82) is 0 Å². The number of carbonyl (C=O) groups is 2. The van der Waals surface area contributed by atoms with Crippen LogP contribution in [0.3, 0.4) is 0 Å². The van der Waals surface area contributed by atoms with E-state index in [1.807, 2.05) is 24.3 Å². The van der Waals surface area contributed by atoms with E-state index in [1.54, 1.807) is 25.1 Å². The predicted octanol–water partition coefficient (Wildman–Crippen LogP) is 6.82. The predicted molar refractivity (Wildman–Crippen MR) is 167 cm³/mol. The number of halogens is 3. The van der Waals surface area contributed by atoms with E-state index in [-0.39, 0.29) is 39.1 Å². The number of amides is 2. The highest BCUT2D eigenvalue weighted by atomic mass is 79.9. The molecule has 0 spiro atoms. The molecule has 11 heteroatoms. The number of carbonyl (C=O) groups excluding carboxylic acids is 2. The van der Waals surface area contributed by atoms with Gasteiger partial charge in [0.25, 0.3) is 10.0 Å². The molecule has 4 rings (SSSR count). The summed E-state index contributed by atoms with van der Waals surface area (Å²) in [7, 11) is -4.20. The summed E-state index contributed by atoms with van der Waals surface area (Å²) in [5.74, 6) is -0.819. The first-order chi connectivity index (χ1) is 19.5. The summed E-state index contributed by atoms with van der Waals surface area (Å²) in [6.07, 6.45) is 5.05. The maximum absolute atomic E-state index is 14.0. The molecule has 1 aliphatic carbocycles. The lowest BCUT2D eigenvalue weighted by Crippen LogP contribution is -2.53. The third kappa shape index (κ3) is 8.25. The highest BCUT2D eigenvalue weighted by molar-refractivity contribution is 9.10. The van der Waals surface area contributed by atoms with Crippen LogP contribution in [0.4, 0.5) is 5.69 Å². The molecule has 1 N–H and O–H groups in total. The van der Waals surface area contributed by atoms with Crippen LogP contribution in [0, 0.1) is 0 Å². The van der Waals surface area contributed by atoms with Crippen LogP contribution in [0.5, 0.6) is 0 Å². The summed E-state index contributed by atoms with van der Waals surface area (Å²) in [4.78, 5) is 28.9. The first-order valence-electron chi connectivity index (χ1n) is 13.4. The zero-order valence-corrected chi connectivity index (χ0v) is 26.5. The Bertz CT molecular complexity index is 1450. The molecule has 1 aliphatic rings. The number of hydrogen-bond donors (Lipinski definition) is 1. The summed E-state index contributed by atoms with van der Waals surface area (Å²) >= 11 is 15.9. The third-order valence-corrected chi connectivity index (χ3v) is 9.88. The molecule has 0 bridgehead atoms. The van der Waals surface area contributed by atoms with Gasteiger partial charge in [0.1, 0.15) is 12.6 Å². The lowest BCUT2D eigenvalue weighted by molar-refractivity contribution is -0.139. The fraction of sp³-hybridized carbons (Fsp3) is 0.333. The molecule has 218 valence electrons. The SMILES string of the molecule is CC(C(=O)NC1CCCCC1)N(Cc1ccc(Br)cc1)C(=O)CN(c1cc(Cl)cc(Cl)c1)S(=O)(=O)c1ccccc1. The fourth-order valence-electron chi connectivity index (χ4n) is 4.87. The van der Waals surface area contributed by atoms with Crippen LogP contribution in [0.1, 0.15) is 44.6 Å². The van der Waals surface area contributed by atoms with E-state index in [4.69, 9.17) is 23.2 Å². The van der Waals surface area contributed by atoms with Gasteiger partial charge in [-0.2, -0.15) is 0 Å². The lowest BCUT2D eigenvalue weighted by Gasteiger charge is -2.33. The van der Waals surface area contributed by atoms with Crippen molar-refractivity contribution in [1.82, 2.24) is 10.2 Å². The molecule has 2 amide bonds. The Labute approximate surface area is 260 Å². The van der Waals surface area contributed by atoms with Crippen LogP contribution >= 0.6 is 39.1 Å². The number of nitrogens with zero attached hydrogens (tertiary/aromatic N) is 2. The van der Waals surface area contributed by atoms with E-state index < -0.39 is 28.5 Å². The summed E-state index contributed by atoms with van der Waals surface area (Å²) in [5.41, 5.74) is 0.935.